The molecule has 0 atom stereocenters. The van der Waals surface area contributed by atoms with Gasteiger partial charge in [-0.25, -0.2) is 15.0 Å². The van der Waals surface area contributed by atoms with Crippen LogP contribution >= 0.6 is 11.6 Å². The Kier molecular flexibility index (Phi) is 1.96. The third-order valence-electron chi connectivity index (χ3n) is 3.26. The van der Waals surface area contributed by atoms with Crippen molar-refractivity contribution in [2.75, 3.05) is 0 Å². The molecule has 1 saturated carbocycles. The van der Waals surface area contributed by atoms with E-state index in [4.69, 9.17) is 11.6 Å². The third kappa shape index (κ3) is 1.47. The third-order valence-corrected chi connectivity index (χ3v) is 3.62. The molecular weight excluding hydrogens is 222 g/mol. The summed E-state index contributed by atoms with van der Waals surface area (Å²) in [5.41, 5.74) is 3.58. The van der Waals surface area contributed by atoms with Gasteiger partial charge in [-0.2, -0.15) is 0 Å². The van der Waals surface area contributed by atoms with Gasteiger partial charge in [-0.1, -0.05) is 18.5 Å². The van der Waals surface area contributed by atoms with Crippen molar-refractivity contribution in [2.45, 2.75) is 32.1 Å². The smallest absolute Gasteiger partial charge is 0.179 e. The van der Waals surface area contributed by atoms with Gasteiger partial charge in [0, 0.05) is 11.1 Å². The molecule has 0 saturated heterocycles. The standard InChI is InChI=1S/C12H12ClN3/c1-7-10(13)16-11-8(14-7)3-4-9(15-11)12(2)5-6-12/h3-4H,5-6H2,1-2H3. The zero-order valence-corrected chi connectivity index (χ0v) is 10.0. The molecule has 3 rings (SSSR count). The van der Waals surface area contributed by atoms with Gasteiger partial charge in [0.2, 0.25) is 0 Å². The Bertz CT molecular complexity index is 576. The summed E-state index contributed by atoms with van der Waals surface area (Å²) in [4.78, 5) is 13.2. The number of hydrogen-bond donors (Lipinski definition) is 0. The topological polar surface area (TPSA) is 38.7 Å². The number of halogens is 1. The minimum atomic E-state index is 0.257. The van der Waals surface area contributed by atoms with E-state index in [1.807, 2.05) is 13.0 Å². The summed E-state index contributed by atoms with van der Waals surface area (Å²) in [5, 5.41) is 0.443. The van der Waals surface area contributed by atoms with Gasteiger partial charge in [0.05, 0.1) is 5.69 Å². The predicted octanol–water partition coefficient (Wildman–Crippen LogP) is 3.04. The average molecular weight is 234 g/mol. The fourth-order valence-corrected chi connectivity index (χ4v) is 1.91. The van der Waals surface area contributed by atoms with Gasteiger partial charge in [0.1, 0.15) is 5.52 Å². The minimum absolute atomic E-state index is 0.257. The van der Waals surface area contributed by atoms with Crippen LogP contribution in [0.2, 0.25) is 5.15 Å². The van der Waals surface area contributed by atoms with Crippen molar-refractivity contribution >= 4 is 22.8 Å². The van der Waals surface area contributed by atoms with E-state index >= 15 is 0 Å². The molecule has 0 N–H and O–H groups in total. The molecule has 3 nitrogen and oxygen atoms in total. The van der Waals surface area contributed by atoms with Gasteiger partial charge in [0.15, 0.2) is 10.8 Å². The number of pyridine rings is 1. The molecule has 82 valence electrons. The molecule has 16 heavy (non-hydrogen) atoms. The summed E-state index contributed by atoms with van der Waals surface area (Å²) >= 11 is 5.96. The van der Waals surface area contributed by atoms with E-state index in [0.717, 1.165) is 16.9 Å². The first-order chi connectivity index (χ1) is 7.58. The number of nitrogens with zero attached hydrogens (tertiary/aromatic N) is 3. The fraction of sp³-hybridized carbons (Fsp3) is 0.417. The zero-order chi connectivity index (χ0) is 11.3. The van der Waals surface area contributed by atoms with E-state index < -0.39 is 0 Å². The van der Waals surface area contributed by atoms with Crippen LogP contribution in [0.15, 0.2) is 12.1 Å². The first-order valence-electron chi connectivity index (χ1n) is 5.40. The Balaban J connectivity index is 2.21. The molecule has 0 spiro atoms. The molecule has 0 radical (unpaired) electrons. The Morgan fingerprint density at radius 2 is 1.94 bits per heavy atom. The Morgan fingerprint density at radius 3 is 2.62 bits per heavy atom. The van der Waals surface area contributed by atoms with Gasteiger partial charge in [-0.05, 0) is 31.9 Å². The zero-order valence-electron chi connectivity index (χ0n) is 9.29. The van der Waals surface area contributed by atoms with Crippen molar-refractivity contribution in [3.63, 3.8) is 0 Å². The van der Waals surface area contributed by atoms with Crippen molar-refractivity contribution < 1.29 is 0 Å². The summed E-state index contributed by atoms with van der Waals surface area (Å²) in [6.07, 6.45) is 2.41. The molecule has 4 heteroatoms. The monoisotopic (exact) mass is 233 g/mol. The van der Waals surface area contributed by atoms with Gasteiger partial charge in [-0.15, -0.1) is 0 Å². The Morgan fingerprint density at radius 1 is 1.19 bits per heavy atom. The minimum Gasteiger partial charge on any atom is -0.247 e. The molecule has 0 unspecified atom stereocenters. The second kappa shape index (κ2) is 3.14. The van der Waals surface area contributed by atoms with Gasteiger partial charge < -0.3 is 0 Å². The molecule has 2 aromatic heterocycles. The SMILES string of the molecule is Cc1nc2ccc(C3(C)CC3)nc2nc1Cl. The highest BCUT2D eigenvalue weighted by Crippen LogP contribution is 2.46. The lowest BCUT2D eigenvalue weighted by Crippen LogP contribution is -2.04. The van der Waals surface area contributed by atoms with Crippen molar-refractivity contribution in [1.82, 2.24) is 15.0 Å². The second-order valence-electron chi connectivity index (χ2n) is 4.70. The van der Waals surface area contributed by atoms with Gasteiger partial charge in [-0.3, -0.25) is 0 Å². The lowest BCUT2D eigenvalue weighted by Gasteiger charge is -2.08. The molecule has 2 aromatic rings. The van der Waals surface area contributed by atoms with Crippen LogP contribution in [0.3, 0.4) is 0 Å². The maximum atomic E-state index is 5.96. The van der Waals surface area contributed by atoms with E-state index in [0.29, 0.717) is 10.8 Å². The van der Waals surface area contributed by atoms with Crippen molar-refractivity contribution in [2.24, 2.45) is 0 Å². The number of aryl methyl sites for hydroxylation is 1. The molecule has 0 aliphatic heterocycles. The fourth-order valence-electron chi connectivity index (χ4n) is 1.79. The lowest BCUT2D eigenvalue weighted by molar-refractivity contribution is 0.753. The molecule has 0 amide bonds. The first-order valence-corrected chi connectivity index (χ1v) is 5.78. The van der Waals surface area contributed by atoms with E-state index in [-0.39, 0.29) is 5.41 Å². The van der Waals surface area contributed by atoms with Crippen LogP contribution < -0.4 is 0 Å². The second-order valence-corrected chi connectivity index (χ2v) is 5.06. The maximum absolute atomic E-state index is 5.96. The van der Waals surface area contributed by atoms with E-state index in [2.05, 4.69) is 27.9 Å². The summed E-state index contributed by atoms with van der Waals surface area (Å²) in [6.45, 7) is 4.08. The van der Waals surface area contributed by atoms with E-state index in [1.54, 1.807) is 0 Å². The summed E-state index contributed by atoms with van der Waals surface area (Å²) in [6, 6.07) is 4.04. The quantitative estimate of drug-likeness (QED) is 0.760. The average Bonchev–Trinajstić information content (AvgIpc) is 2.99. The van der Waals surface area contributed by atoms with Crippen molar-refractivity contribution in [1.29, 1.82) is 0 Å². The van der Waals surface area contributed by atoms with Gasteiger partial charge in [0.25, 0.3) is 0 Å². The molecular formula is C12H12ClN3. The molecule has 0 aromatic carbocycles. The van der Waals surface area contributed by atoms with Crippen LogP contribution in [0.4, 0.5) is 0 Å². The van der Waals surface area contributed by atoms with Crippen molar-refractivity contribution in [3.8, 4) is 0 Å². The largest absolute Gasteiger partial charge is 0.247 e. The lowest BCUT2D eigenvalue weighted by atomic mass is 10.1. The highest BCUT2D eigenvalue weighted by molar-refractivity contribution is 6.30. The van der Waals surface area contributed by atoms with Crippen LogP contribution in [0.25, 0.3) is 11.2 Å². The normalized spacial score (nSPS) is 17.7. The van der Waals surface area contributed by atoms with Crippen LogP contribution in [-0.2, 0) is 5.41 Å². The maximum Gasteiger partial charge on any atom is 0.179 e. The number of hydrogen-bond acceptors (Lipinski definition) is 3. The molecule has 1 aliphatic rings. The summed E-state index contributed by atoms with van der Waals surface area (Å²) in [7, 11) is 0. The Hall–Kier alpha value is -1.22. The van der Waals surface area contributed by atoms with Gasteiger partial charge >= 0.3 is 0 Å². The summed E-state index contributed by atoms with van der Waals surface area (Å²) in [5.74, 6) is 0. The van der Waals surface area contributed by atoms with Crippen LogP contribution in [-0.4, -0.2) is 15.0 Å². The highest BCUT2D eigenvalue weighted by atomic mass is 35.5. The molecule has 1 aliphatic carbocycles. The highest BCUT2D eigenvalue weighted by Gasteiger charge is 2.40. The number of fused-ring (bicyclic) bond motifs is 1. The van der Waals surface area contributed by atoms with E-state index in [9.17, 15) is 0 Å². The van der Waals surface area contributed by atoms with Crippen molar-refractivity contribution in [3.05, 3.63) is 28.7 Å². The van der Waals surface area contributed by atoms with E-state index in [1.165, 1.54) is 12.8 Å². The van der Waals surface area contributed by atoms with Crippen LogP contribution in [0.5, 0.6) is 0 Å². The molecule has 2 heterocycles. The number of rotatable bonds is 1. The van der Waals surface area contributed by atoms with Crippen LogP contribution in [0, 0.1) is 6.92 Å². The first kappa shape index (κ1) is 9.97. The molecule has 1 fully saturated rings. The predicted molar refractivity (Wildman–Crippen MR) is 63.7 cm³/mol. The summed E-state index contributed by atoms with van der Waals surface area (Å²) < 4.78 is 0. The number of aromatic nitrogens is 3. The molecule has 0 bridgehead atoms. The van der Waals surface area contributed by atoms with Crippen LogP contribution in [0.1, 0.15) is 31.2 Å². The Labute approximate surface area is 98.9 Å².